The first-order valence-corrected chi connectivity index (χ1v) is 9.71. The summed E-state index contributed by atoms with van der Waals surface area (Å²) in [5, 5.41) is 0. The van der Waals surface area contributed by atoms with Crippen LogP contribution in [-0.2, 0) is 11.0 Å². The van der Waals surface area contributed by atoms with Crippen molar-refractivity contribution in [2.75, 3.05) is 36.0 Å². The number of hydrogen-bond acceptors (Lipinski definition) is 4. The number of piperazine rings is 1. The van der Waals surface area contributed by atoms with E-state index in [1.54, 1.807) is 6.20 Å². The molecule has 0 aliphatic carbocycles. The maximum atomic E-state index is 12.9. The Hall–Kier alpha value is -2.77. The average Bonchev–Trinajstić information content (AvgIpc) is 2.71. The molecule has 2 aliphatic heterocycles. The van der Waals surface area contributed by atoms with Crippen molar-refractivity contribution in [1.29, 1.82) is 0 Å². The molecule has 154 valence electrons. The molecule has 4 rings (SSSR count). The Balaban J connectivity index is 1.66. The van der Waals surface area contributed by atoms with Gasteiger partial charge in [0.2, 0.25) is 5.91 Å². The lowest BCUT2D eigenvalue weighted by Gasteiger charge is -2.49. The summed E-state index contributed by atoms with van der Waals surface area (Å²) in [5.41, 5.74) is 0.879. The summed E-state index contributed by atoms with van der Waals surface area (Å²) in [4.78, 5) is 23.1. The Morgan fingerprint density at radius 1 is 1.10 bits per heavy atom. The predicted octanol–water partition coefficient (Wildman–Crippen LogP) is 3.93. The van der Waals surface area contributed by atoms with E-state index in [0.29, 0.717) is 31.9 Å². The normalized spacial score (nSPS) is 19.2. The Morgan fingerprint density at radius 2 is 1.83 bits per heavy atom. The minimum absolute atomic E-state index is 0.0242. The van der Waals surface area contributed by atoms with E-state index in [1.165, 1.54) is 12.1 Å². The molecule has 29 heavy (non-hydrogen) atoms. The first kappa shape index (κ1) is 19.5. The molecule has 0 saturated carbocycles. The number of rotatable bonds is 2. The molecule has 0 unspecified atom stereocenters. The zero-order valence-corrected chi connectivity index (χ0v) is 16.4. The van der Waals surface area contributed by atoms with Gasteiger partial charge in [0.1, 0.15) is 0 Å². The molecule has 1 aromatic carbocycles. The van der Waals surface area contributed by atoms with E-state index in [0.717, 1.165) is 23.6 Å². The minimum atomic E-state index is -4.36. The SMILES string of the molecule is CC(C)C(=O)N1CCN2c3ncccc3N(c3ccc(C(F)(F)F)cc3)C[C@@H]2C1. The van der Waals surface area contributed by atoms with Crippen LogP contribution in [-0.4, -0.2) is 48.0 Å². The molecule has 1 atom stereocenters. The monoisotopic (exact) mass is 404 g/mol. The molecule has 0 radical (unpaired) electrons. The number of pyridine rings is 1. The van der Waals surface area contributed by atoms with E-state index in [-0.39, 0.29) is 17.9 Å². The fourth-order valence-corrected chi connectivity index (χ4v) is 4.06. The lowest BCUT2D eigenvalue weighted by Crippen LogP contribution is -2.61. The van der Waals surface area contributed by atoms with Crippen LogP contribution in [0, 0.1) is 5.92 Å². The largest absolute Gasteiger partial charge is 0.416 e. The van der Waals surface area contributed by atoms with E-state index in [4.69, 9.17) is 0 Å². The van der Waals surface area contributed by atoms with Crippen molar-refractivity contribution in [1.82, 2.24) is 9.88 Å². The number of fused-ring (bicyclic) bond motifs is 3. The number of amides is 1. The number of alkyl halides is 3. The molecule has 0 spiro atoms. The van der Waals surface area contributed by atoms with Gasteiger partial charge < -0.3 is 14.7 Å². The van der Waals surface area contributed by atoms with E-state index >= 15 is 0 Å². The molecule has 8 heteroatoms. The van der Waals surface area contributed by atoms with Crippen LogP contribution in [0.4, 0.5) is 30.4 Å². The highest BCUT2D eigenvalue weighted by Crippen LogP contribution is 2.40. The van der Waals surface area contributed by atoms with Crippen molar-refractivity contribution in [3.63, 3.8) is 0 Å². The third-order valence-corrected chi connectivity index (χ3v) is 5.52. The fraction of sp³-hybridized carbons (Fsp3) is 0.429. The summed E-state index contributed by atoms with van der Waals surface area (Å²) in [6.07, 6.45) is -2.64. The molecule has 0 N–H and O–H groups in total. The van der Waals surface area contributed by atoms with Gasteiger partial charge in [0.05, 0.1) is 17.3 Å². The molecule has 1 aromatic heterocycles. The molecular weight excluding hydrogens is 381 g/mol. The highest BCUT2D eigenvalue weighted by atomic mass is 19.4. The van der Waals surface area contributed by atoms with Gasteiger partial charge in [0.15, 0.2) is 5.82 Å². The van der Waals surface area contributed by atoms with Gasteiger partial charge in [-0.05, 0) is 36.4 Å². The lowest BCUT2D eigenvalue weighted by atomic mass is 10.0. The highest BCUT2D eigenvalue weighted by Gasteiger charge is 2.38. The second-order valence-corrected chi connectivity index (χ2v) is 7.79. The number of anilines is 3. The summed E-state index contributed by atoms with van der Waals surface area (Å²) in [7, 11) is 0. The molecule has 1 fully saturated rings. The quantitative estimate of drug-likeness (QED) is 0.761. The van der Waals surface area contributed by atoms with Crippen LogP contribution in [0.3, 0.4) is 0 Å². The third kappa shape index (κ3) is 3.63. The third-order valence-electron chi connectivity index (χ3n) is 5.52. The van der Waals surface area contributed by atoms with Gasteiger partial charge in [-0.15, -0.1) is 0 Å². The fourth-order valence-electron chi connectivity index (χ4n) is 4.06. The van der Waals surface area contributed by atoms with Gasteiger partial charge in [-0.25, -0.2) is 4.98 Å². The van der Waals surface area contributed by atoms with Gasteiger partial charge >= 0.3 is 6.18 Å². The van der Waals surface area contributed by atoms with Crippen molar-refractivity contribution in [2.45, 2.75) is 26.1 Å². The molecule has 1 saturated heterocycles. The lowest BCUT2D eigenvalue weighted by molar-refractivity contribution is -0.137. The summed E-state index contributed by atoms with van der Waals surface area (Å²) >= 11 is 0. The van der Waals surface area contributed by atoms with Crippen molar-refractivity contribution in [3.05, 3.63) is 48.2 Å². The Bertz CT molecular complexity index is 898. The van der Waals surface area contributed by atoms with E-state index in [1.807, 2.05) is 35.8 Å². The molecular formula is C21H23F3N4O. The summed E-state index contributed by atoms with van der Waals surface area (Å²) in [5.74, 6) is 0.861. The van der Waals surface area contributed by atoms with Gasteiger partial charge in [-0.2, -0.15) is 13.2 Å². The van der Waals surface area contributed by atoms with Crippen LogP contribution in [0.15, 0.2) is 42.6 Å². The van der Waals surface area contributed by atoms with Gasteiger partial charge in [0, 0.05) is 44.0 Å². The van der Waals surface area contributed by atoms with Gasteiger partial charge in [-0.1, -0.05) is 13.8 Å². The second kappa shape index (κ2) is 7.24. The number of hydrogen-bond donors (Lipinski definition) is 0. The number of benzene rings is 1. The van der Waals surface area contributed by atoms with Crippen molar-refractivity contribution in [3.8, 4) is 0 Å². The van der Waals surface area contributed by atoms with E-state index in [2.05, 4.69) is 9.88 Å². The molecule has 2 aliphatic rings. The van der Waals surface area contributed by atoms with E-state index in [9.17, 15) is 18.0 Å². The van der Waals surface area contributed by atoms with Gasteiger partial charge in [0.25, 0.3) is 0 Å². The maximum Gasteiger partial charge on any atom is 0.416 e. The topological polar surface area (TPSA) is 39.7 Å². The molecule has 2 aromatic rings. The van der Waals surface area contributed by atoms with E-state index < -0.39 is 11.7 Å². The van der Waals surface area contributed by atoms with Crippen LogP contribution in [0.2, 0.25) is 0 Å². The smallest absolute Gasteiger partial charge is 0.347 e. The molecule has 3 heterocycles. The van der Waals surface area contributed by atoms with Crippen LogP contribution < -0.4 is 9.80 Å². The molecule has 1 amide bonds. The number of aromatic nitrogens is 1. The van der Waals surface area contributed by atoms with Crippen LogP contribution in [0.5, 0.6) is 0 Å². The number of carbonyl (C=O) groups excluding carboxylic acids is 1. The van der Waals surface area contributed by atoms with Gasteiger partial charge in [-0.3, -0.25) is 4.79 Å². The Morgan fingerprint density at radius 3 is 2.48 bits per heavy atom. The summed E-state index contributed by atoms with van der Waals surface area (Å²) in [6.45, 7) is 6.26. The number of carbonyl (C=O) groups is 1. The number of halogens is 3. The average molecular weight is 404 g/mol. The van der Waals surface area contributed by atoms with Crippen molar-refractivity contribution in [2.24, 2.45) is 5.92 Å². The van der Waals surface area contributed by atoms with Crippen LogP contribution in [0.25, 0.3) is 0 Å². The minimum Gasteiger partial charge on any atom is -0.347 e. The second-order valence-electron chi connectivity index (χ2n) is 7.79. The molecule has 0 bridgehead atoms. The summed E-state index contributed by atoms with van der Waals surface area (Å²) in [6, 6.07) is 8.98. The zero-order chi connectivity index (χ0) is 20.8. The zero-order valence-electron chi connectivity index (χ0n) is 16.4. The highest BCUT2D eigenvalue weighted by molar-refractivity contribution is 5.80. The number of nitrogens with zero attached hydrogens (tertiary/aromatic N) is 4. The molecule has 5 nitrogen and oxygen atoms in total. The van der Waals surface area contributed by atoms with Crippen LogP contribution in [0.1, 0.15) is 19.4 Å². The van der Waals surface area contributed by atoms with Crippen LogP contribution >= 0.6 is 0 Å². The van der Waals surface area contributed by atoms with Crippen molar-refractivity contribution >= 4 is 23.1 Å². The first-order chi connectivity index (χ1) is 13.8. The van der Waals surface area contributed by atoms with Crippen molar-refractivity contribution < 1.29 is 18.0 Å². The first-order valence-electron chi connectivity index (χ1n) is 9.71. The Kier molecular flexibility index (Phi) is 4.88. The Labute approximate surface area is 167 Å². The maximum absolute atomic E-state index is 12.9. The summed E-state index contributed by atoms with van der Waals surface area (Å²) < 4.78 is 38.8. The standard InChI is InChI=1S/C21H23F3N4O/c1-14(2)20(29)26-10-11-27-17(12-26)13-28(18-4-3-9-25-19(18)27)16-7-5-15(6-8-16)21(22,23)24/h3-9,14,17H,10-13H2,1-2H3/t17-/m0/s1. The predicted molar refractivity (Wildman–Crippen MR) is 105 cm³/mol.